The Kier molecular flexibility index (Phi) is 5.26. The van der Waals surface area contributed by atoms with Crippen molar-refractivity contribution in [3.63, 3.8) is 0 Å². The second-order valence-electron chi connectivity index (χ2n) is 4.40. The predicted molar refractivity (Wildman–Crippen MR) is 70.9 cm³/mol. The van der Waals surface area contributed by atoms with Crippen LogP contribution in [0, 0.1) is 11.6 Å². The van der Waals surface area contributed by atoms with Crippen molar-refractivity contribution in [1.82, 2.24) is 5.32 Å². The van der Waals surface area contributed by atoms with Gasteiger partial charge in [-0.25, -0.2) is 8.78 Å². The first kappa shape index (κ1) is 15.1. The number of hydrogen-bond acceptors (Lipinski definition) is 1. The Balaban J connectivity index is 2.95. The Hall–Kier alpha value is -0.970. The number of carbonyl (C=O) groups excluding carboxylic acids is 1. The Morgan fingerprint density at radius 2 is 1.94 bits per heavy atom. The summed E-state index contributed by atoms with van der Waals surface area (Å²) >= 11 is 3.30. The van der Waals surface area contributed by atoms with Crippen LogP contribution in [0.5, 0.6) is 0 Å². The van der Waals surface area contributed by atoms with Crippen LogP contribution in [0.2, 0.25) is 0 Å². The van der Waals surface area contributed by atoms with Gasteiger partial charge in [-0.2, -0.15) is 0 Å². The molecule has 0 radical (unpaired) electrons. The SMILES string of the molecule is CCC(C)(CCBr)NC(=O)c1c(F)cccc1F. The van der Waals surface area contributed by atoms with Gasteiger partial charge in [0.05, 0.1) is 0 Å². The molecular formula is C13H16BrF2NO. The minimum Gasteiger partial charge on any atom is -0.347 e. The first-order valence-corrected chi connectivity index (χ1v) is 6.88. The lowest BCUT2D eigenvalue weighted by Gasteiger charge is -2.29. The average Bonchev–Trinajstić information content (AvgIpc) is 2.29. The molecule has 1 atom stereocenters. The zero-order chi connectivity index (χ0) is 13.8. The van der Waals surface area contributed by atoms with Crippen molar-refractivity contribution >= 4 is 21.8 Å². The summed E-state index contributed by atoms with van der Waals surface area (Å²) in [7, 11) is 0. The Morgan fingerprint density at radius 3 is 2.39 bits per heavy atom. The third-order valence-corrected chi connectivity index (χ3v) is 3.43. The van der Waals surface area contributed by atoms with Crippen LogP contribution in [-0.2, 0) is 0 Å². The number of rotatable bonds is 5. The van der Waals surface area contributed by atoms with Crippen molar-refractivity contribution in [3.8, 4) is 0 Å². The third-order valence-electron chi connectivity index (χ3n) is 3.03. The standard InChI is InChI=1S/C13H16BrF2NO/c1-3-13(2,7-8-14)17-12(18)11-9(15)5-4-6-10(11)16/h4-6H,3,7-8H2,1-2H3,(H,17,18). The van der Waals surface area contributed by atoms with Crippen LogP contribution in [0.1, 0.15) is 37.0 Å². The summed E-state index contributed by atoms with van der Waals surface area (Å²) < 4.78 is 26.9. The van der Waals surface area contributed by atoms with Gasteiger partial charge in [-0.3, -0.25) is 4.79 Å². The van der Waals surface area contributed by atoms with Gasteiger partial charge in [0.25, 0.3) is 5.91 Å². The van der Waals surface area contributed by atoms with Gasteiger partial charge in [0.2, 0.25) is 0 Å². The molecule has 0 aromatic heterocycles. The maximum atomic E-state index is 13.5. The zero-order valence-corrected chi connectivity index (χ0v) is 12.0. The fraction of sp³-hybridized carbons (Fsp3) is 0.462. The van der Waals surface area contributed by atoms with Crippen LogP contribution < -0.4 is 5.32 Å². The molecule has 1 amide bonds. The highest BCUT2D eigenvalue weighted by atomic mass is 79.9. The average molecular weight is 320 g/mol. The quantitative estimate of drug-likeness (QED) is 0.825. The molecule has 2 nitrogen and oxygen atoms in total. The highest BCUT2D eigenvalue weighted by Gasteiger charge is 2.26. The number of amides is 1. The minimum atomic E-state index is -0.843. The van der Waals surface area contributed by atoms with Crippen LogP contribution in [0.4, 0.5) is 8.78 Å². The van der Waals surface area contributed by atoms with Crippen molar-refractivity contribution in [2.24, 2.45) is 0 Å². The van der Waals surface area contributed by atoms with Crippen molar-refractivity contribution in [1.29, 1.82) is 0 Å². The Labute approximate surface area is 114 Å². The molecule has 0 aliphatic heterocycles. The van der Waals surface area contributed by atoms with E-state index in [-0.39, 0.29) is 0 Å². The lowest BCUT2D eigenvalue weighted by atomic mass is 9.95. The molecule has 0 spiro atoms. The van der Waals surface area contributed by atoms with E-state index < -0.39 is 28.6 Å². The van der Waals surface area contributed by atoms with Crippen LogP contribution in [-0.4, -0.2) is 16.8 Å². The number of benzene rings is 1. The molecule has 5 heteroatoms. The van der Waals surface area contributed by atoms with E-state index in [1.807, 2.05) is 13.8 Å². The fourth-order valence-electron chi connectivity index (χ4n) is 1.59. The lowest BCUT2D eigenvalue weighted by molar-refractivity contribution is 0.0893. The summed E-state index contributed by atoms with van der Waals surface area (Å²) in [6.45, 7) is 3.77. The molecule has 0 aliphatic carbocycles. The van der Waals surface area contributed by atoms with Gasteiger partial charge in [-0.15, -0.1) is 0 Å². The monoisotopic (exact) mass is 319 g/mol. The maximum absolute atomic E-state index is 13.5. The number of hydrogen-bond donors (Lipinski definition) is 1. The van der Waals surface area contributed by atoms with E-state index in [1.165, 1.54) is 6.07 Å². The molecule has 0 aliphatic rings. The van der Waals surface area contributed by atoms with Crippen molar-refractivity contribution in [2.75, 3.05) is 5.33 Å². The number of halogens is 3. The van der Waals surface area contributed by atoms with Gasteiger partial charge in [-0.1, -0.05) is 28.9 Å². The van der Waals surface area contributed by atoms with Gasteiger partial charge < -0.3 is 5.32 Å². The van der Waals surface area contributed by atoms with E-state index in [1.54, 1.807) is 0 Å². The third kappa shape index (κ3) is 3.51. The molecule has 1 unspecified atom stereocenters. The van der Waals surface area contributed by atoms with Crippen molar-refractivity contribution < 1.29 is 13.6 Å². The van der Waals surface area contributed by atoms with Crippen LogP contribution in [0.25, 0.3) is 0 Å². The predicted octanol–water partition coefficient (Wildman–Crippen LogP) is 3.65. The molecule has 1 aromatic carbocycles. The molecule has 100 valence electrons. The largest absolute Gasteiger partial charge is 0.347 e. The second kappa shape index (κ2) is 6.27. The molecule has 0 saturated heterocycles. The second-order valence-corrected chi connectivity index (χ2v) is 5.20. The topological polar surface area (TPSA) is 29.1 Å². The van der Waals surface area contributed by atoms with Crippen LogP contribution in [0.3, 0.4) is 0 Å². The molecular weight excluding hydrogens is 304 g/mol. The number of carbonyl (C=O) groups is 1. The molecule has 1 N–H and O–H groups in total. The van der Waals surface area contributed by atoms with E-state index in [4.69, 9.17) is 0 Å². The van der Waals surface area contributed by atoms with Gasteiger partial charge in [0.1, 0.15) is 17.2 Å². The molecule has 0 heterocycles. The Morgan fingerprint density at radius 1 is 1.39 bits per heavy atom. The molecule has 18 heavy (non-hydrogen) atoms. The summed E-state index contributed by atoms with van der Waals surface area (Å²) in [5.41, 5.74) is -0.998. The van der Waals surface area contributed by atoms with Gasteiger partial charge in [0, 0.05) is 10.9 Å². The summed E-state index contributed by atoms with van der Waals surface area (Å²) in [5.74, 6) is -2.40. The molecule has 0 bridgehead atoms. The van der Waals surface area contributed by atoms with E-state index in [0.29, 0.717) is 18.2 Å². The molecule has 0 saturated carbocycles. The summed E-state index contributed by atoms with van der Waals surface area (Å²) in [4.78, 5) is 11.9. The maximum Gasteiger partial charge on any atom is 0.257 e. The van der Waals surface area contributed by atoms with Crippen molar-refractivity contribution in [3.05, 3.63) is 35.4 Å². The van der Waals surface area contributed by atoms with Gasteiger partial charge in [0.15, 0.2) is 0 Å². The fourth-order valence-corrected chi connectivity index (χ4v) is 2.46. The first-order valence-electron chi connectivity index (χ1n) is 5.76. The van der Waals surface area contributed by atoms with E-state index in [0.717, 1.165) is 12.1 Å². The first-order chi connectivity index (χ1) is 8.43. The van der Waals surface area contributed by atoms with Gasteiger partial charge in [-0.05, 0) is 31.9 Å². The summed E-state index contributed by atoms with van der Waals surface area (Å²) in [6, 6.07) is 3.39. The van der Waals surface area contributed by atoms with E-state index in [9.17, 15) is 13.6 Å². The minimum absolute atomic E-state index is 0.477. The summed E-state index contributed by atoms with van der Waals surface area (Å²) in [5, 5.41) is 3.40. The smallest absolute Gasteiger partial charge is 0.257 e. The Bertz CT molecular complexity index is 419. The normalized spacial score (nSPS) is 14.1. The van der Waals surface area contributed by atoms with E-state index >= 15 is 0 Å². The highest BCUT2D eigenvalue weighted by Crippen LogP contribution is 2.19. The zero-order valence-electron chi connectivity index (χ0n) is 10.4. The molecule has 1 aromatic rings. The number of nitrogens with one attached hydrogen (secondary N) is 1. The van der Waals surface area contributed by atoms with Gasteiger partial charge >= 0.3 is 0 Å². The lowest BCUT2D eigenvalue weighted by Crippen LogP contribution is -2.46. The highest BCUT2D eigenvalue weighted by molar-refractivity contribution is 9.09. The molecule has 0 fully saturated rings. The molecule has 1 rings (SSSR count). The summed E-state index contributed by atoms with van der Waals surface area (Å²) in [6.07, 6.45) is 1.37. The van der Waals surface area contributed by atoms with Crippen molar-refractivity contribution in [2.45, 2.75) is 32.2 Å². The van der Waals surface area contributed by atoms with Crippen LogP contribution >= 0.6 is 15.9 Å². The number of alkyl halides is 1. The van der Waals surface area contributed by atoms with E-state index in [2.05, 4.69) is 21.2 Å². The van der Waals surface area contributed by atoms with Crippen LogP contribution in [0.15, 0.2) is 18.2 Å².